The molecule has 0 radical (unpaired) electrons. The fourth-order valence-corrected chi connectivity index (χ4v) is 3.48. The van der Waals surface area contributed by atoms with E-state index in [0.717, 1.165) is 16.8 Å². The average Bonchev–Trinajstić information content (AvgIpc) is 2.85. The number of nitrogens with one attached hydrogen (secondary N) is 1. The van der Waals surface area contributed by atoms with E-state index in [9.17, 15) is 0 Å². The first-order valence-electron chi connectivity index (χ1n) is 10.4. The van der Waals surface area contributed by atoms with Crippen molar-refractivity contribution in [1.82, 2.24) is 0 Å². The number of hydrogen-bond acceptors (Lipinski definition) is 1. The van der Waals surface area contributed by atoms with Crippen LogP contribution in [0.4, 0.5) is 5.69 Å². The third-order valence-electron chi connectivity index (χ3n) is 5.13. The van der Waals surface area contributed by atoms with Crippen LogP contribution in [0.15, 0.2) is 140 Å². The highest BCUT2D eigenvalue weighted by Crippen LogP contribution is 2.24. The molecule has 0 saturated carbocycles. The van der Waals surface area contributed by atoms with Gasteiger partial charge in [0.05, 0.1) is 0 Å². The van der Waals surface area contributed by atoms with Crippen LogP contribution in [0.25, 0.3) is 27.8 Å². The summed E-state index contributed by atoms with van der Waals surface area (Å²) >= 11 is 0. The number of allylic oxidation sites excluding steroid dienone is 4. The molecular formula is C30H25N. The number of anilines is 1. The van der Waals surface area contributed by atoms with Gasteiger partial charge in [0.2, 0.25) is 0 Å². The van der Waals surface area contributed by atoms with E-state index in [2.05, 4.69) is 115 Å². The number of benzene rings is 4. The molecule has 0 spiro atoms. The Morgan fingerprint density at radius 1 is 0.581 bits per heavy atom. The molecule has 0 unspecified atom stereocenters. The van der Waals surface area contributed by atoms with Crippen molar-refractivity contribution in [3.8, 4) is 22.3 Å². The lowest BCUT2D eigenvalue weighted by Gasteiger charge is -2.07. The predicted molar refractivity (Wildman–Crippen MR) is 135 cm³/mol. The van der Waals surface area contributed by atoms with Crippen LogP contribution in [-0.2, 0) is 0 Å². The minimum atomic E-state index is 1.05. The highest BCUT2D eigenvalue weighted by atomic mass is 14.8. The van der Waals surface area contributed by atoms with Crippen LogP contribution in [0, 0.1) is 0 Å². The smallest absolute Gasteiger partial charge is 0.0380 e. The summed E-state index contributed by atoms with van der Waals surface area (Å²) in [5, 5.41) is 3.36. The van der Waals surface area contributed by atoms with E-state index in [4.69, 9.17) is 0 Å². The lowest BCUT2D eigenvalue weighted by atomic mass is 10.00. The third kappa shape index (κ3) is 5.29. The van der Waals surface area contributed by atoms with E-state index in [0.29, 0.717) is 0 Å². The predicted octanol–water partition coefficient (Wildman–Crippen LogP) is 8.22. The summed E-state index contributed by atoms with van der Waals surface area (Å²) in [6, 6.07) is 37.9. The van der Waals surface area contributed by atoms with E-state index < -0.39 is 0 Å². The summed E-state index contributed by atoms with van der Waals surface area (Å²) in [6.07, 6.45) is 7.88. The van der Waals surface area contributed by atoms with Crippen LogP contribution in [-0.4, -0.2) is 0 Å². The molecule has 150 valence electrons. The minimum Gasteiger partial charge on any atom is -0.362 e. The molecule has 0 bridgehead atoms. The lowest BCUT2D eigenvalue weighted by molar-refractivity contribution is 1.55. The van der Waals surface area contributed by atoms with Gasteiger partial charge in [-0.2, -0.15) is 0 Å². The Labute approximate surface area is 184 Å². The molecule has 0 saturated heterocycles. The molecule has 0 amide bonds. The second-order valence-corrected chi connectivity index (χ2v) is 7.22. The summed E-state index contributed by atoms with van der Waals surface area (Å²) in [5.41, 5.74) is 8.16. The molecule has 0 aromatic heterocycles. The molecule has 0 aliphatic heterocycles. The Morgan fingerprint density at radius 3 is 1.58 bits per heavy atom. The van der Waals surface area contributed by atoms with Crippen molar-refractivity contribution >= 4 is 11.3 Å². The van der Waals surface area contributed by atoms with Gasteiger partial charge in [0.15, 0.2) is 0 Å². The maximum Gasteiger partial charge on any atom is 0.0380 e. The van der Waals surface area contributed by atoms with Crippen LogP contribution in [0.1, 0.15) is 5.56 Å². The first kappa shape index (κ1) is 20.2. The van der Waals surface area contributed by atoms with Crippen molar-refractivity contribution in [3.63, 3.8) is 0 Å². The molecule has 31 heavy (non-hydrogen) atoms. The molecular weight excluding hydrogens is 374 g/mol. The topological polar surface area (TPSA) is 12.0 Å². The van der Waals surface area contributed by atoms with Crippen LogP contribution >= 0.6 is 0 Å². The van der Waals surface area contributed by atoms with Gasteiger partial charge in [0, 0.05) is 11.9 Å². The first-order chi connectivity index (χ1) is 15.3. The van der Waals surface area contributed by atoms with E-state index in [1.165, 1.54) is 22.3 Å². The summed E-state index contributed by atoms with van der Waals surface area (Å²) in [5.74, 6) is 0. The highest BCUT2D eigenvalue weighted by Gasteiger charge is 2.01. The van der Waals surface area contributed by atoms with Crippen molar-refractivity contribution in [2.24, 2.45) is 0 Å². The molecule has 4 aromatic carbocycles. The number of hydrogen-bond donors (Lipinski definition) is 1. The van der Waals surface area contributed by atoms with Crippen molar-refractivity contribution in [2.45, 2.75) is 0 Å². The Kier molecular flexibility index (Phi) is 6.57. The van der Waals surface area contributed by atoms with Gasteiger partial charge in [-0.25, -0.2) is 0 Å². The van der Waals surface area contributed by atoms with E-state index >= 15 is 0 Å². The van der Waals surface area contributed by atoms with Crippen LogP contribution in [0.2, 0.25) is 0 Å². The molecule has 0 heterocycles. The highest BCUT2D eigenvalue weighted by molar-refractivity contribution is 5.77. The van der Waals surface area contributed by atoms with Gasteiger partial charge in [-0.05, 0) is 51.6 Å². The third-order valence-corrected chi connectivity index (χ3v) is 5.13. The van der Waals surface area contributed by atoms with E-state index in [1.54, 1.807) is 0 Å². The Bertz CT molecular complexity index is 1170. The maximum atomic E-state index is 3.87. The standard InChI is InChI=1S/C30H25N/c1-2-9-24(27-14-16-28(17-15-27)25-10-5-3-6-11-25)22-23-31-30-20-18-29(19-21-30)26-12-7-4-8-13-26/h2-23,31H,1H2/b23-22-,24-9+. The lowest BCUT2D eigenvalue weighted by Crippen LogP contribution is -1.89. The van der Waals surface area contributed by atoms with Gasteiger partial charge in [-0.1, -0.05) is 116 Å². The van der Waals surface area contributed by atoms with Crippen molar-refractivity contribution in [1.29, 1.82) is 0 Å². The summed E-state index contributed by atoms with van der Waals surface area (Å²) < 4.78 is 0. The fourth-order valence-electron chi connectivity index (χ4n) is 3.48. The van der Waals surface area contributed by atoms with Crippen molar-refractivity contribution in [3.05, 3.63) is 146 Å². The molecule has 1 N–H and O–H groups in total. The molecule has 1 nitrogen and oxygen atoms in total. The van der Waals surface area contributed by atoms with Gasteiger partial charge < -0.3 is 5.32 Å². The van der Waals surface area contributed by atoms with Crippen molar-refractivity contribution in [2.75, 3.05) is 5.32 Å². The molecule has 1 heteroatoms. The molecule has 4 aromatic rings. The molecule has 0 atom stereocenters. The monoisotopic (exact) mass is 399 g/mol. The summed E-state index contributed by atoms with van der Waals surface area (Å²) in [7, 11) is 0. The number of rotatable bonds is 7. The zero-order chi connectivity index (χ0) is 21.3. The molecule has 0 aliphatic rings. The normalized spacial score (nSPS) is 11.4. The van der Waals surface area contributed by atoms with Gasteiger partial charge >= 0.3 is 0 Å². The van der Waals surface area contributed by atoms with Gasteiger partial charge in [0.1, 0.15) is 0 Å². The second kappa shape index (κ2) is 10.1. The van der Waals surface area contributed by atoms with Crippen LogP contribution in [0.3, 0.4) is 0 Å². The van der Waals surface area contributed by atoms with Gasteiger partial charge in [-0.15, -0.1) is 0 Å². The SMILES string of the molecule is C=C/C=C(\C=C/Nc1ccc(-c2ccccc2)cc1)c1ccc(-c2ccccc2)cc1. The maximum absolute atomic E-state index is 3.87. The Hall–Kier alpha value is -4.10. The van der Waals surface area contributed by atoms with Gasteiger partial charge in [0.25, 0.3) is 0 Å². The van der Waals surface area contributed by atoms with E-state index in [1.807, 2.05) is 30.5 Å². The zero-order valence-electron chi connectivity index (χ0n) is 17.4. The first-order valence-corrected chi connectivity index (χ1v) is 10.4. The minimum absolute atomic E-state index is 1.05. The summed E-state index contributed by atoms with van der Waals surface area (Å²) in [4.78, 5) is 0. The summed E-state index contributed by atoms with van der Waals surface area (Å²) in [6.45, 7) is 3.87. The molecule has 0 fully saturated rings. The molecule has 0 aliphatic carbocycles. The Morgan fingerprint density at radius 2 is 1.06 bits per heavy atom. The fraction of sp³-hybridized carbons (Fsp3) is 0. The van der Waals surface area contributed by atoms with Crippen molar-refractivity contribution < 1.29 is 0 Å². The Balaban J connectivity index is 1.45. The average molecular weight is 400 g/mol. The zero-order valence-corrected chi connectivity index (χ0v) is 17.4. The van der Waals surface area contributed by atoms with Crippen LogP contribution < -0.4 is 5.32 Å². The second-order valence-electron chi connectivity index (χ2n) is 7.22. The van der Waals surface area contributed by atoms with Gasteiger partial charge in [-0.3, -0.25) is 0 Å². The van der Waals surface area contributed by atoms with E-state index in [-0.39, 0.29) is 0 Å². The largest absolute Gasteiger partial charge is 0.362 e. The quantitative estimate of drug-likeness (QED) is 0.309. The van der Waals surface area contributed by atoms with Crippen LogP contribution in [0.5, 0.6) is 0 Å². The molecule has 4 rings (SSSR count).